The molecule has 0 aromatic heterocycles. The molecule has 0 radical (unpaired) electrons. The fourth-order valence-electron chi connectivity index (χ4n) is 4.66. The van der Waals surface area contributed by atoms with Crippen LogP contribution in [-0.4, -0.2) is 32.2 Å². The number of nitrogens with zero attached hydrogens (tertiary/aromatic N) is 3. The zero-order chi connectivity index (χ0) is 23.4. The normalized spacial score (nSPS) is 23.2. The molecule has 2 aliphatic rings. The molecule has 0 bridgehead atoms. The van der Waals surface area contributed by atoms with Crippen molar-refractivity contribution >= 4 is 21.7 Å². The number of guanidine groups is 1. The van der Waals surface area contributed by atoms with Crippen molar-refractivity contribution in [3.63, 3.8) is 0 Å². The number of hydrogen-bond donors (Lipinski definition) is 1. The lowest BCUT2D eigenvalue weighted by Crippen LogP contribution is -2.44. The van der Waals surface area contributed by atoms with Crippen molar-refractivity contribution in [2.75, 3.05) is 7.05 Å². The molecule has 0 saturated carbocycles. The first-order chi connectivity index (χ1) is 15.8. The lowest BCUT2D eigenvalue weighted by Gasteiger charge is -2.36. The Morgan fingerprint density at radius 2 is 1.79 bits per heavy atom. The molecule has 164 valence electrons. The van der Waals surface area contributed by atoms with Crippen LogP contribution >= 0.6 is 0 Å². The molecular weight excluding hydrogens is 436 g/mol. The second-order valence-electron chi connectivity index (χ2n) is 8.25. The van der Waals surface area contributed by atoms with Crippen LogP contribution in [0, 0.1) is 11.3 Å². The number of rotatable bonds is 2. The van der Waals surface area contributed by atoms with Gasteiger partial charge in [0, 0.05) is 19.0 Å². The summed E-state index contributed by atoms with van der Waals surface area (Å²) in [6.45, 7) is 0. The molecule has 0 aliphatic carbocycles. The van der Waals surface area contributed by atoms with E-state index in [4.69, 9.17) is 5.73 Å². The standard InChI is InChI=1S/C25H20N4O3S/c1-29-23(30)25(28-24(29)27)14-22(17-7-3-2-4-8-17)33(31,32)21-11-10-19(13-20(21)25)18-9-5-6-16(12-18)15-26/h2-13,22H,14H2,1H3,(H2,27,28). The summed E-state index contributed by atoms with van der Waals surface area (Å²) in [6, 6.07) is 22.9. The molecule has 1 spiro atoms. The number of sulfone groups is 1. The van der Waals surface area contributed by atoms with Crippen molar-refractivity contribution in [3.8, 4) is 17.2 Å². The van der Waals surface area contributed by atoms with Crippen molar-refractivity contribution in [2.45, 2.75) is 22.1 Å². The molecule has 33 heavy (non-hydrogen) atoms. The Kier molecular flexibility index (Phi) is 4.62. The Morgan fingerprint density at radius 1 is 1.06 bits per heavy atom. The maximum atomic E-state index is 13.7. The van der Waals surface area contributed by atoms with Crippen molar-refractivity contribution in [1.82, 2.24) is 4.90 Å². The lowest BCUT2D eigenvalue weighted by atomic mass is 9.82. The molecule has 3 aromatic carbocycles. The molecule has 3 aromatic rings. The van der Waals surface area contributed by atoms with Gasteiger partial charge in [-0.05, 0) is 41.0 Å². The topological polar surface area (TPSA) is 117 Å². The molecule has 8 heteroatoms. The number of carbonyl (C=O) groups excluding carboxylic acids is 1. The number of carbonyl (C=O) groups is 1. The van der Waals surface area contributed by atoms with E-state index in [1.165, 1.54) is 18.0 Å². The first kappa shape index (κ1) is 20.9. The zero-order valence-electron chi connectivity index (χ0n) is 17.8. The third-order valence-corrected chi connectivity index (χ3v) is 8.55. The maximum absolute atomic E-state index is 13.7. The van der Waals surface area contributed by atoms with Crippen LogP contribution in [-0.2, 0) is 20.2 Å². The van der Waals surface area contributed by atoms with Gasteiger partial charge in [0.05, 0.1) is 21.8 Å². The summed E-state index contributed by atoms with van der Waals surface area (Å²) in [5.74, 6) is -0.311. The number of nitrogens with two attached hydrogens (primary N) is 1. The molecule has 2 aliphatic heterocycles. The van der Waals surface area contributed by atoms with E-state index in [0.29, 0.717) is 22.3 Å². The van der Waals surface area contributed by atoms with Crippen LogP contribution in [0.25, 0.3) is 11.1 Å². The maximum Gasteiger partial charge on any atom is 0.261 e. The Balaban J connectivity index is 1.78. The lowest BCUT2D eigenvalue weighted by molar-refractivity contribution is -0.131. The van der Waals surface area contributed by atoms with Crippen LogP contribution in [0.4, 0.5) is 0 Å². The van der Waals surface area contributed by atoms with E-state index in [9.17, 15) is 18.5 Å². The van der Waals surface area contributed by atoms with Crippen LogP contribution in [0.2, 0.25) is 0 Å². The Morgan fingerprint density at radius 3 is 2.45 bits per heavy atom. The van der Waals surface area contributed by atoms with Gasteiger partial charge in [-0.3, -0.25) is 9.69 Å². The highest BCUT2D eigenvalue weighted by molar-refractivity contribution is 7.91. The SMILES string of the molecule is CN1C(=O)C2(CC(c3ccccc3)S(=O)(=O)c3ccc(-c4cccc(C#N)c4)cc32)N=C1N. The summed E-state index contributed by atoms with van der Waals surface area (Å²) in [6.07, 6.45) is -0.0437. The van der Waals surface area contributed by atoms with Crippen LogP contribution in [0.1, 0.15) is 28.4 Å². The van der Waals surface area contributed by atoms with E-state index in [1.54, 1.807) is 54.6 Å². The van der Waals surface area contributed by atoms with E-state index in [0.717, 1.165) is 5.56 Å². The zero-order valence-corrected chi connectivity index (χ0v) is 18.6. The second kappa shape index (κ2) is 7.29. The van der Waals surface area contributed by atoms with Crippen LogP contribution in [0.5, 0.6) is 0 Å². The summed E-state index contributed by atoms with van der Waals surface area (Å²) < 4.78 is 27.4. The van der Waals surface area contributed by atoms with Crippen molar-refractivity contribution in [1.29, 1.82) is 5.26 Å². The number of benzene rings is 3. The number of nitriles is 1. The largest absolute Gasteiger partial charge is 0.369 e. The number of amides is 1. The second-order valence-corrected chi connectivity index (χ2v) is 10.3. The third kappa shape index (κ3) is 3.04. The van der Waals surface area contributed by atoms with Crippen molar-refractivity contribution in [2.24, 2.45) is 10.7 Å². The number of fused-ring (bicyclic) bond motifs is 2. The van der Waals surface area contributed by atoms with Gasteiger partial charge >= 0.3 is 0 Å². The molecule has 2 unspecified atom stereocenters. The van der Waals surface area contributed by atoms with E-state index in [1.807, 2.05) is 12.1 Å². The fraction of sp³-hybridized carbons (Fsp3) is 0.160. The summed E-state index contributed by atoms with van der Waals surface area (Å²) >= 11 is 0. The smallest absolute Gasteiger partial charge is 0.261 e. The van der Waals surface area contributed by atoms with E-state index in [-0.39, 0.29) is 23.2 Å². The highest BCUT2D eigenvalue weighted by Crippen LogP contribution is 2.52. The van der Waals surface area contributed by atoms with Gasteiger partial charge in [-0.2, -0.15) is 5.26 Å². The van der Waals surface area contributed by atoms with E-state index < -0.39 is 20.6 Å². The van der Waals surface area contributed by atoms with Gasteiger partial charge in [-0.25, -0.2) is 13.4 Å². The van der Waals surface area contributed by atoms with Gasteiger partial charge in [0.25, 0.3) is 5.91 Å². The summed E-state index contributed by atoms with van der Waals surface area (Å²) in [4.78, 5) is 19.4. The van der Waals surface area contributed by atoms with Gasteiger partial charge in [0.2, 0.25) is 0 Å². The molecule has 0 fully saturated rings. The van der Waals surface area contributed by atoms with Crippen molar-refractivity contribution < 1.29 is 13.2 Å². The molecule has 2 N–H and O–H groups in total. The quantitative estimate of drug-likeness (QED) is 0.636. The van der Waals surface area contributed by atoms with Gasteiger partial charge in [-0.15, -0.1) is 0 Å². The number of hydrogen-bond acceptors (Lipinski definition) is 6. The van der Waals surface area contributed by atoms with Crippen LogP contribution in [0.3, 0.4) is 0 Å². The third-order valence-electron chi connectivity index (χ3n) is 6.39. The minimum absolute atomic E-state index is 0.0437. The number of aliphatic imine (C=N–C) groups is 1. The van der Waals surface area contributed by atoms with Gasteiger partial charge in [0.1, 0.15) is 0 Å². The van der Waals surface area contributed by atoms with Crippen molar-refractivity contribution in [3.05, 3.63) is 89.5 Å². The fourth-order valence-corrected chi connectivity index (χ4v) is 6.74. The highest BCUT2D eigenvalue weighted by atomic mass is 32.2. The van der Waals surface area contributed by atoms with Crippen LogP contribution in [0.15, 0.2) is 82.7 Å². The molecule has 1 amide bonds. The molecule has 2 heterocycles. The minimum Gasteiger partial charge on any atom is -0.369 e. The molecule has 2 atom stereocenters. The Labute approximate surface area is 191 Å². The average Bonchev–Trinajstić information content (AvgIpc) is 3.06. The van der Waals surface area contributed by atoms with Crippen LogP contribution < -0.4 is 5.73 Å². The predicted molar refractivity (Wildman–Crippen MR) is 124 cm³/mol. The molecule has 5 rings (SSSR count). The summed E-state index contributed by atoms with van der Waals surface area (Å²) in [5, 5.41) is 8.32. The van der Waals surface area contributed by atoms with Gasteiger partial charge in [0.15, 0.2) is 21.3 Å². The first-order valence-corrected chi connectivity index (χ1v) is 11.9. The predicted octanol–water partition coefficient (Wildman–Crippen LogP) is 3.13. The van der Waals surface area contributed by atoms with Gasteiger partial charge in [-0.1, -0.05) is 48.5 Å². The average molecular weight is 457 g/mol. The molecule has 0 saturated heterocycles. The first-order valence-electron chi connectivity index (χ1n) is 10.4. The highest BCUT2D eigenvalue weighted by Gasteiger charge is 2.56. The summed E-state index contributed by atoms with van der Waals surface area (Å²) in [5.41, 5.74) is 7.42. The van der Waals surface area contributed by atoms with E-state index in [2.05, 4.69) is 11.1 Å². The molecule has 7 nitrogen and oxygen atoms in total. The minimum atomic E-state index is -3.80. The Hall–Kier alpha value is -3.96. The summed E-state index contributed by atoms with van der Waals surface area (Å²) in [7, 11) is -2.26. The van der Waals surface area contributed by atoms with Gasteiger partial charge < -0.3 is 5.73 Å². The Bertz CT molecular complexity index is 1470. The monoisotopic (exact) mass is 456 g/mol. The van der Waals surface area contributed by atoms with E-state index >= 15 is 0 Å². The molecular formula is C25H20N4O3S. The number of likely N-dealkylation sites (N-methyl/N-ethyl adjacent to an activating group) is 1.